The molecule has 12 heavy (non-hydrogen) atoms. The molecule has 0 aliphatic rings. The average molecular weight is 200 g/mol. The van der Waals surface area contributed by atoms with Gasteiger partial charge in [0.2, 0.25) is 5.51 Å². The van der Waals surface area contributed by atoms with Crippen LogP contribution in [0.3, 0.4) is 0 Å². The molecule has 0 unspecified atom stereocenters. The van der Waals surface area contributed by atoms with E-state index in [2.05, 4.69) is 42.0 Å². The number of aryl methyl sites for hydroxylation is 2. The smallest absolute Gasteiger partial charge is 0.193 e. The summed E-state index contributed by atoms with van der Waals surface area (Å²) in [5.41, 5.74) is 3.62. The Kier molecular flexibility index (Phi) is 3.07. The van der Waals surface area contributed by atoms with Crippen LogP contribution in [-0.2, 0) is 6.54 Å². The summed E-state index contributed by atoms with van der Waals surface area (Å²) >= 11 is 1.80. The molecule has 0 saturated heterocycles. The van der Waals surface area contributed by atoms with Crippen LogP contribution in [0.2, 0.25) is 25.7 Å². The minimum Gasteiger partial charge on any atom is -0.193 e. The van der Waals surface area contributed by atoms with Crippen molar-refractivity contribution in [1.29, 1.82) is 0 Å². The van der Waals surface area contributed by atoms with E-state index in [1.165, 1.54) is 18.3 Å². The third kappa shape index (κ3) is 3.07. The quantitative estimate of drug-likeness (QED) is 0.522. The zero-order valence-electron chi connectivity index (χ0n) is 8.42. The highest BCUT2D eigenvalue weighted by molar-refractivity contribution is 7.07. The molecular formula is C9H18NSSi+. The van der Waals surface area contributed by atoms with E-state index in [1.54, 1.807) is 11.3 Å². The molecule has 0 atom stereocenters. The predicted molar refractivity (Wildman–Crippen MR) is 57.4 cm³/mol. The topological polar surface area (TPSA) is 3.88 Å². The normalized spacial score (nSPS) is 12.0. The second-order valence-electron chi connectivity index (χ2n) is 4.50. The van der Waals surface area contributed by atoms with Crippen molar-refractivity contribution in [2.45, 2.75) is 39.2 Å². The summed E-state index contributed by atoms with van der Waals surface area (Å²) in [4.78, 5) is 0. The molecule has 0 bridgehead atoms. The molecular weight excluding hydrogens is 182 g/mol. The number of nitrogens with zero attached hydrogens (tertiary/aromatic N) is 1. The fourth-order valence-corrected chi connectivity index (χ4v) is 2.76. The van der Waals surface area contributed by atoms with Gasteiger partial charge in [0.05, 0.1) is 13.5 Å². The highest BCUT2D eigenvalue weighted by Gasteiger charge is 2.16. The van der Waals surface area contributed by atoms with Gasteiger partial charge in [-0.15, -0.1) is 0 Å². The predicted octanol–water partition coefficient (Wildman–Crippen LogP) is 2.68. The second-order valence-corrected chi connectivity index (χ2v) is 10.8. The van der Waals surface area contributed by atoms with Crippen molar-refractivity contribution in [2.75, 3.05) is 0 Å². The van der Waals surface area contributed by atoms with Crippen LogP contribution in [0.4, 0.5) is 0 Å². The second kappa shape index (κ2) is 3.71. The molecule has 1 heterocycles. The Morgan fingerprint density at radius 2 is 2.08 bits per heavy atom. The highest BCUT2D eigenvalue weighted by Crippen LogP contribution is 2.08. The van der Waals surface area contributed by atoms with Gasteiger partial charge in [0.25, 0.3) is 0 Å². The van der Waals surface area contributed by atoms with Crippen molar-refractivity contribution in [3.8, 4) is 0 Å². The summed E-state index contributed by atoms with van der Waals surface area (Å²) in [5.74, 6) is 0. The first-order chi connectivity index (χ1) is 5.49. The molecule has 1 aromatic rings. The maximum atomic E-state index is 2.43. The number of hydrogen-bond donors (Lipinski definition) is 0. The maximum absolute atomic E-state index is 2.43. The van der Waals surface area contributed by atoms with E-state index in [4.69, 9.17) is 0 Å². The molecule has 0 aromatic carbocycles. The third-order valence-corrected chi connectivity index (χ3v) is 4.56. The molecule has 1 nitrogen and oxygen atoms in total. The Morgan fingerprint density at radius 3 is 2.50 bits per heavy atom. The average Bonchev–Trinajstić information content (AvgIpc) is 2.29. The van der Waals surface area contributed by atoms with E-state index in [0.717, 1.165) is 0 Å². The molecule has 0 spiro atoms. The molecule has 1 rings (SSSR count). The monoisotopic (exact) mass is 200 g/mol. The van der Waals surface area contributed by atoms with Crippen LogP contribution in [0.15, 0.2) is 10.9 Å². The summed E-state index contributed by atoms with van der Waals surface area (Å²) < 4.78 is 2.36. The van der Waals surface area contributed by atoms with Crippen LogP contribution in [0, 0.1) is 6.92 Å². The van der Waals surface area contributed by atoms with Crippen molar-refractivity contribution in [3.63, 3.8) is 0 Å². The molecule has 0 radical (unpaired) electrons. The lowest BCUT2D eigenvalue weighted by Gasteiger charge is -2.12. The van der Waals surface area contributed by atoms with E-state index in [0.29, 0.717) is 0 Å². The first-order valence-corrected chi connectivity index (χ1v) is 9.06. The van der Waals surface area contributed by atoms with Crippen LogP contribution < -0.4 is 4.57 Å². The number of thiazole rings is 1. The van der Waals surface area contributed by atoms with Crippen molar-refractivity contribution < 1.29 is 4.57 Å². The summed E-state index contributed by atoms with van der Waals surface area (Å²) in [7, 11) is -0.852. The Morgan fingerprint density at radius 1 is 1.42 bits per heavy atom. The zero-order chi connectivity index (χ0) is 9.19. The first kappa shape index (κ1) is 9.93. The molecule has 0 amide bonds. The molecule has 0 N–H and O–H groups in total. The fourth-order valence-electron chi connectivity index (χ4n) is 1.04. The summed E-state index contributed by atoms with van der Waals surface area (Å²) in [6, 6.07) is 1.38. The molecule has 0 fully saturated rings. The van der Waals surface area contributed by atoms with Gasteiger partial charge in [-0.2, -0.15) is 4.57 Å². The van der Waals surface area contributed by atoms with Crippen LogP contribution >= 0.6 is 11.3 Å². The molecule has 0 saturated carbocycles. The van der Waals surface area contributed by atoms with Gasteiger partial charge in [-0.3, -0.25) is 0 Å². The third-order valence-electron chi connectivity index (χ3n) is 1.98. The molecule has 68 valence electrons. The van der Waals surface area contributed by atoms with Gasteiger partial charge in [-0.25, -0.2) is 0 Å². The van der Waals surface area contributed by atoms with Crippen LogP contribution in [-0.4, -0.2) is 8.07 Å². The van der Waals surface area contributed by atoms with Crippen molar-refractivity contribution in [2.24, 2.45) is 0 Å². The lowest BCUT2D eigenvalue weighted by atomic mass is 10.5. The van der Waals surface area contributed by atoms with Crippen LogP contribution in [0.5, 0.6) is 0 Å². The van der Waals surface area contributed by atoms with Gasteiger partial charge in [0.1, 0.15) is 6.54 Å². The molecule has 3 heteroatoms. The minimum atomic E-state index is -0.852. The van der Waals surface area contributed by atoms with Crippen molar-refractivity contribution in [1.82, 2.24) is 0 Å². The van der Waals surface area contributed by atoms with E-state index in [-0.39, 0.29) is 0 Å². The summed E-state index contributed by atoms with van der Waals surface area (Å²) in [5, 5.41) is 2.21. The molecule has 0 aliphatic carbocycles. The molecule has 1 aromatic heterocycles. The minimum absolute atomic E-state index is 0.852. The lowest BCUT2D eigenvalue weighted by molar-refractivity contribution is -0.694. The Balaban J connectivity index is 2.49. The van der Waals surface area contributed by atoms with Gasteiger partial charge in [0.15, 0.2) is 5.69 Å². The van der Waals surface area contributed by atoms with Gasteiger partial charge < -0.3 is 0 Å². The van der Waals surface area contributed by atoms with E-state index in [1.807, 2.05) is 0 Å². The van der Waals surface area contributed by atoms with Crippen LogP contribution in [0.1, 0.15) is 5.69 Å². The van der Waals surface area contributed by atoms with E-state index < -0.39 is 8.07 Å². The number of rotatable bonds is 3. The van der Waals surface area contributed by atoms with Gasteiger partial charge >= 0.3 is 0 Å². The molecule has 0 aliphatic heterocycles. The van der Waals surface area contributed by atoms with Gasteiger partial charge in [-0.05, 0) is 0 Å². The summed E-state index contributed by atoms with van der Waals surface area (Å²) in [6.07, 6.45) is 0. The van der Waals surface area contributed by atoms with E-state index in [9.17, 15) is 0 Å². The SMILES string of the molecule is Cc1csc[n+]1CC[Si](C)(C)C. The van der Waals surface area contributed by atoms with Gasteiger partial charge in [-0.1, -0.05) is 31.0 Å². The standard InChI is InChI=1S/C9H18NSSi/c1-9-7-11-8-10(9)5-6-12(2,3)4/h7-8H,5-6H2,1-4H3/q+1. The lowest BCUT2D eigenvalue weighted by Crippen LogP contribution is -2.37. The van der Waals surface area contributed by atoms with Crippen molar-refractivity contribution >= 4 is 19.4 Å². The largest absolute Gasteiger partial charge is 0.224 e. The summed E-state index contributed by atoms with van der Waals surface area (Å²) in [6.45, 7) is 10.7. The Bertz CT molecular complexity index is 249. The first-order valence-electron chi connectivity index (χ1n) is 4.41. The number of hydrogen-bond acceptors (Lipinski definition) is 1. The fraction of sp³-hybridized carbons (Fsp3) is 0.667. The van der Waals surface area contributed by atoms with Crippen LogP contribution in [0.25, 0.3) is 0 Å². The Labute approximate surface area is 80.1 Å². The zero-order valence-corrected chi connectivity index (χ0v) is 10.2. The van der Waals surface area contributed by atoms with Crippen molar-refractivity contribution in [3.05, 3.63) is 16.6 Å². The highest BCUT2D eigenvalue weighted by atomic mass is 32.1. The maximum Gasteiger partial charge on any atom is 0.224 e. The van der Waals surface area contributed by atoms with Gasteiger partial charge in [0, 0.05) is 13.0 Å². The number of aromatic nitrogens is 1. The van der Waals surface area contributed by atoms with E-state index >= 15 is 0 Å². The Hall–Kier alpha value is -0.153.